The molecule has 0 aromatic carbocycles. The Balaban J connectivity index is 1.98. The highest BCUT2D eigenvalue weighted by Gasteiger charge is 2.16. The molecule has 118 valence electrons. The van der Waals surface area contributed by atoms with E-state index in [1.807, 2.05) is 12.3 Å². The normalized spacial score (nSPS) is 17.3. The smallest absolute Gasteiger partial charge is 0.147 e. The highest BCUT2D eigenvalue weighted by atomic mass is 35.5. The van der Waals surface area contributed by atoms with Crippen LogP contribution < -0.4 is 10.2 Å². The van der Waals surface area contributed by atoms with Crippen LogP contribution in [0.2, 0.25) is 5.02 Å². The average Bonchev–Trinajstić information content (AvgIpc) is 2.63. The first kappa shape index (κ1) is 16.5. The third-order valence-electron chi connectivity index (χ3n) is 3.78. The van der Waals surface area contributed by atoms with E-state index in [2.05, 4.69) is 41.0 Å². The number of aromatic nitrogens is 1. The molecule has 0 saturated carbocycles. The summed E-state index contributed by atoms with van der Waals surface area (Å²) < 4.78 is 0. The molecule has 1 fully saturated rings. The Hall–Kier alpha value is -0.840. The predicted molar refractivity (Wildman–Crippen MR) is 90.1 cm³/mol. The quantitative estimate of drug-likeness (QED) is 0.906. The van der Waals surface area contributed by atoms with Gasteiger partial charge in [0, 0.05) is 32.4 Å². The second-order valence-corrected chi connectivity index (χ2v) is 6.72. The van der Waals surface area contributed by atoms with Gasteiger partial charge in [0.25, 0.3) is 0 Å². The number of rotatable bonds is 5. The summed E-state index contributed by atoms with van der Waals surface area (Å²) in [6.45, 7) is 10.5. The summed E-state index contributed by atoms with van der Waals surface area (Å²) >= 11 is 6.45. The molecule has 0 radical (unpaired) electrons. The molecular formula is C16H27ClN4. The molecule has 1 saturated heterocycles. The van der Waals surface area contributed by atoms with Gasteiger partial charge in [-0.2, -0.15) is 0 Å². The molecule has 4 nitrogen and oxygen atoms in total. The van der Waals surface area contributed by atoms with E-state index >= 15 is 0 Å². The Morgan fingerprint density at radius 2 is 2.10 bits per heavy atom. The summed E-state index contributed by atoms with van der Waals surface area (Å²) in [5.41, 5.74) is 1.15. The van der Waals surface area contributed by atoms with Crippen molar-refractivity contribution in [2.45, 2.75) is 26.8 Å². The Kier molecular flexibility index (Phi) is 6.27. The molecule has 0 spiro atoms. The molecule has 21 heavy (non-hydrogen) atoms. The predicted octanol–water partition coefficient (Wildman–Crippen LogP) is 2.62. The average molecular weight is 311 g/mol. The lowest BCUT2D eigenvalue weighted by molar-refractivity contribution is 0.360. The first-order valence-corrected chi connectivity index (χ1v) is 8.22. The Bertz CT molecular complexity index is 450. The van der Waals surface area contributed by atoms with Gasteiger partial charge >= 0.3 is 0 Å². The van der Waals surface area contributed by atoms with Crippen molar-refractivity contribution in [2.24, 2.45) is 5.92 Å². The molecule has 0 aliphatic carbocycles. The molecule has 0 bridgehead atoms. The van der Waals surface area contributed by atoms with Crippen molar-refractivity contribution in [3.63, 3.8) is 0 Å². The number of nitrogens with one attached hydrogen (secondary N) is 1. The minimum absolute atomic E-state index is 0.654. The van der Waals surface area contributed by atoms with Crippen LogP contribution in [0.25, 0.3) is 0 Å². The largest absolute Gasteiger partial charge is 0.354 e. The van der Waals surface area contributed by atoms with E-state index in [0.717, 1.165) is 62.1 Å². The number of anilines is 1. The summed E-state index contributed by atoms with van der Waals surface area (Å²) in [7, 11) is 2.17. The van der Waals surface area contributed by atoms with E-state index in [4.69, 9.17) is 11.6 Å². The Labute approximate surface area is 133 Å². The van der Waals surface area contributed by atoms with E-state index in [9.17, 15) is 0 Å². The van der Waals surface area contributed by atoms with Crippen LogP contribution in [0, 0.1) is 5.92 Å². The van der Waals surface area contributed by atoms with Gasteiger partial charge in [0.05, 0.1) is 5.02 Å². The summed E-state index contributed by atoms with van der Waals surface area (Å²) in [4.78, 5) is 9.26. The molecule has 1 aliphatic rings. The summed E-state index contributed by atoms with van der Waals surface area (Å²) in [5, 5.41) is 4.19. The lowest BCUT2D eigenvalue weighted by Gasteiger charge is -2.23. The maximum Gasteiger partial charge on any atom is 0.147 e. The fourth-order valence-electron chi connectivity index (χ4n) is 2.56. The lowest BCUT2D eigenvalue weighted by Crippen LogP contribution is -2.29. The third-order valence-corrected chi connectivity index (χ3v) is 4.06. The molecule has 2 heterocycles. The van der Waals surface area contributed by atoms with Crippen molar-refractivity contribution in [2.75, 3.05) is 44.7 Å². The van der Waals surface area contributed by atoms with Crippen molar-refractivity contribution >= 4 is 17.4 Å². The van der Waals surface area contributed by atoms with Crippen LogP contribution in [0.5, 0.6) is 0 Å². The number of halogens is 1. The lowest BCUT2D eigenvalue weighted by atomic mass is 10.2. The number of likely N-dealkylation sites (N-methyl/N-ethyl adjacent to an activating group) is 1. The van der Waals surface area contributed by atoms with Gasteiger partial charge in [-0.15, -0.1) is 0 Å². The van der Waals surface area contributed by atoms with Gasteiger partial charge in [-0.25, -0.2) is 4.98 Å². The van der Waals surface area contributed by atoms with E-state index in [-0.39, 0.29) is 0 Å². The van der Waals surface area contributed by atoms with E-state index in [1.165, 1.54) is 0 Å². The second-order valence-electron chi connectivity index (χ2n) is 6.32. The molecule has 2 rings (SSSR count). The van der Waals surface area contributed by atoms with Gasteiger partial charge < -0.3 is 15.1 Å². The van der Waals surface area contributed by atoms with Crippen LogP contribution in [0.15, 0.2) is 12.3 Å². The summed E-state index contributed by atoms with van der Waals surface area (Å²) in [6, 6.07) is 2.05. The maximum atomic E-state index is 6.45. The van der Waals surface area contributed by atoms with Crippen LogP contribution in [0.1, 0.15) is 25.8 Å². The monoisotopic (exact) mass is 310 g/mol. The fourth-order valence-corrected chi connectivity index (χ4v) is 2.87. The van der Waals surface area contributed by atoms with E-state index in [1.54, 1.807) is 0 Å². The van der Waals surface area contributed by atoms with Gasteiger partial charge in [-0.1, -0.05) is 25.4 Å². The minimum atomic E-state index is 0.654. The summed E-state index contributed by atoms with van der Waals surface area (Å²) in [6.07, 6.45) is 3.11. The summed E-state index contributed by atoms with van der Waals surface area (Å²) in [5.74, 6) is 1.58. The zero-order chi connectivity index (χ0) is 15.2. The molecule has 1 N–H and O–H groups in total. The van der Waals surface area contributed by atoms with Gasteiger partial charge in [0.15, 0.2) is 0 Å². The zero-order valence-corrected chi connectivity index (χ0v) is 14.2. The molecule has 0 amide bonds. The maximum absolute atomic E-state index is 6.45. The van der Waals surface area contributed by atoms with Crippen molar-refractivity contribution in [1.82, 2.24) is 15.2 Å². The SMILES string of the molecule is CC(C)CNCc1cnc(N2CCCN(C)CC2)c(Cl)c1. The standard InChI is InChI=1S/C16H27ClN4/c1-13(2)10-18-11-14-9-15(17)16(19-12-14)21-6-4-5-20(3)7-8-21/h9,12-13,18H,4-8,10-11H2,1-3H3. The molecule has 1 aliphatic heterocycles. The topological polar surface area (TPSA) is 31.4 Å². The number of nitrogens with zero attached hydrogens (tertiary/aromatic N) is 3. The van der Waals surface area contributed by atoms with Crippen LogP contribution in [0.3, 0.4) is 0 Å². The Morgan fingerprint density at radius 1 is 1.29 bits per heavy atom. The van der Waals surface area contributed by atoms with Crippen LogP contribution in [-0.4, -0.2) is 49.7 Å². The molecule has 0 atom stereocenters. The molecule has 1 aromatic rings. The minimum Gasteiger partial charge on any atom is -0.354 e. The molecule has 5 heteroatoms. The third kappa shape index (κ3) is 5.13. The Morgan fingerprint density at radius 3 is 2.81 bits per heavy atom. The van der Waals surface area contributed by atoms with Crippen molar-refractivity contribution in [3.05, 3.63) is 22.8 Å². The highest BCUT2D eigenvalue weighted by Crippen LogP contribution is 2.25. The molecule has 1 aromatic heterocycles. The first-order chi connectivity index (χ1) is 10.1. The van der Waals surface area contributed by atoms with Crippen molar-refractivity contribution < 1.29 is 0 Å². The van der Waals surface area contributed by atoms with Gasteiger partial charge in [0.1, 0.15) is 5.82 Å². The fraction of sp³-hybridized carbons (Fsp3) is 0.688. The van der Waals surface area contributed by atoms with Crippen LogP contribution >= 0.6 is 11.6 Å². The number of hydrogen-bond donors (Lipinski definition) is 1. The van der Waals surface area contributed by atoms with E-state index in [0.29, 0.717) is 5.92 Å². The van der Waals surface area contributed by atoms with Crippen molar-refractivity contribution in [1.29, 1.82) is 0 Å². The van der Waals surface area contributed by atoms with Crippen LogP contribution in [-0.2, 0) is 6.54 Å². The number of hydrogen-bond acceptors (Lipinski definition) is 4. The van der Waals surface area contributed by atoms with Gasteiger partial charge in [-0.3, -0.25) is 0 Å². The molecular weight excluding hydrogens is 284 g/mol. The van der Waals surface area contributed by atoms with Crippen LogP contribution in [0.4, 0.5) is 5.82 Å². The van der Waals surface area contributed by atoms with E-state index < -0.39 is 0 Å². The number of pyridine rings is 1. The highest BCUT2D eigenvalue weighted by molar-refractivity contribution is 6.33. The first-order valence-electron chi connectivity index (χ1n) is 7.85. The van der Waals surface area contributed by atoms with Crippen molar-refractivity contribution in [3.8, 4) is 0 Å². The van der Waals surface area contributed by atoms with Gasteiger partial charge in [-0.05, 0) is 44.1 Å². The second kappa shape index (κ2) is 7.97. The zero-order valence-electron chi connectivity index (χ0n) is 13.4. The molecule has 0 unspecified atom stereocenters. The van der Waals surface area contributed by atoms with Gasteiger partial charge in [0.2, 0.25) is 0 Å².